The second-order valence-corrected chi connectivity index (χ2v) is 5.57. The molecule has 2 aromatic rings. The number of hydrogen-bond acceptors (Lipinski definition) is 2. The van der Waals surface area contributed by atoms with Crippen LogP contribution in [0.25, 0.3) is 5.57 Å². The SMILES string of the molecule is O=C(O)C1=C(c2ccccc2)CN(Cc2ccccc2)CC1. The summed E-state index contributed by atoms with van der Waals surface area (Å²) in [5.41, 5.74) is 3.76. The molecule has 1 heterocycles. The average molecular weight is 293 g/mol. The maximum absolute atomic E-state index is 11.5. The van der Waals surface area contributed by atoms with Gasteiger partial charge in [-0.25, -0.2) is 4.79 Å². The number of aliphatic carboxylic acids is 1. The predicted octanol–water partition coefficient (Wildman–Crippen LogP) is 3.43. The fraction of sp³-hybridized carbons (Fsp3) is 0.211. The van der Waals surface area contributed by atoms with E-state index >= 15 is 0 Å². The van der Waals surface area contributed by atoms with Gasteiger partial charge in [0.1, 0.15) is 0 Å². The van der Waals surface area contributed by atoms with Crippen LogP contribution >= 0.6 is 0 Å². The Hall–Kier alpha value is -2.39. The van der Waals surface area contributed by atoms with E-state index in [-0.39, 0.29) is 0 Å². The van der Waals surface area contributed by atoms with Crippen molar-refractivity contribution in [2.45, 2.75) is 13.0 Å². The van der Waals surface area contributed by atoms with Crippen molar-refractivity contribution in [2.75, 3.05) is 13.1 Å². The van der Waals surface area contributed by atoms with Crippen molar-refractivity contribution in [1.29, 1.82) is 0 Å². The molecule has 0 aromatic heterocycles. The first-order valence-electron chi connectivity index (χ1n) is 7.51. The van der Waals surface area contributed by atoms with E-state index in [9.17, 15) is 9.90 Å². The molecule has 0 spiro atoms. The number of carboxylic acid groups (broad SMARTS) is 1. The molecule has 0 bridgehead atoms. The van der Waals surface area contributed by atoms with Crippen LogP contribution in [0.2, 0.25) is 0 Å². The molecule has 0 atom stereocenters. The summed E-state index contributed by atoms with van der Waals surface area (Å²) in [6.45, 7) is 2.32. The van der Waals surface area contributed by atoms with E-state index in [0.29, 0.717) is 18.5 Å². The molecule has 1 N–H and O–H groups in total. The van der Waals surface area contributed by atoms with Crippen molar-refractivity contribution in [3.8, 4) is 0 Å². The van der Waals surface area contributed by atoms with E-state index < -0.39 is 5.97 Å². The van der Waals surface area contributed by atoms with Crippen molar-refractivity contribution in [2.24, 2.45) is 0 Å². The van der Waals surface area contributed by atoms with Crippen molar-refractivity contribution >= 4 is 11.5 Å². The molecule has 0 aliphatic carbocycles. The van der Waals surface area contributed by atoms with E-state index in [1.807, 2.05) is 48.5 Å². The van der Waals surface area contributed by atoms with Gasteiger partial charge < -0.3 is 5.11 Å². The number of rotatable bonds is 4. The lowest BCUT2D eigenvalue weighted by molar-refractivity contribution is -0.132. The monoisotopic (exact) mass is 293 g/mol. The largest absolute Gasteiger partial charge is 0.478 e. The zero-order chi connectivity index (χ0) is 15.4. The van der Waals surface area contributed by atoms with Gasteiger partial charge in [0.25, 0.3) is 0 Å². The van der Waals surface area contributed by atoms with Gasteiger partial charge in [-0.2, -0.15) is 0 Å². The molecule has 2 aromatic carbocycles. The molecule has 0 fully saturated rings. The third kappa shape index (κ3) is 3.26. The smallest absolute Gasteiger partial charge is 0.331 e. The molecule has 1 aliphatic heterocycles. The molecule has 0 radical (unpaired) electrons. The summed E-state index contributed by atoms with van der Waals surface area (Å²) in [5.74, 6) is -0.793. The maximum atomic E-state index is 11.5. The average Bonchev–Trinajstić information content (AvgIpc) is 2.56. The minimum absolute atomic E-state index is 0.551. The summed E-state index contributed by atoms with van der Waals surface area (Å²) in [5, 5.41) is 9.47. The molecule has 22 heavy (non-hydrogen) atoms. The van der Waals surface area contributed by atoms with Crippen molar-refractivity contribution in [3.05, 3.63) is 77.4 Å². The number of carboxylic acids is 1. The Morgan fingerprint density at radius 2 is 1.64 bits per heavy atom. The van der Waals surface area contributed by atoms with Crippen LogP contribution in [0.5, 0.6) is 0 Å². The molecular formula is C19H19NO2. The summed E-state index contributed by atoms with van der Waals surface area (Å²) in [6, 6.07) is 20.2. The van der Waals surface area contributed by atoms with Crippen molar-refractivity contribution < 1.29 is 9.90 Å². The fourth-order valence-electron chi connectivity index (χ4n) is 2.94. The van der Waals surface area contributed by atoms with Crippen LogP contribution in [0, 0.1) is 0 Å². The lowest BCUT2D eigenvalue weighted by Crippen LogP contribution is -2.32. The molecule has 0 amide bonds. The Bertz CT molecular complexity index is 677. The first-order chi connectivity index (χ1) is 10.7. The highest BCUT2D eigenvalue weighted by atomic mass is 16.4. The van der Waals surface area contributed by atoms with Crippen molar-refractivity contribution in [1.82, 2.24) is 4.90 Å². The molecule has 112 valence electrons. The molecule has 3 heteroatoms. The Kier molecular flexibility index (Phi) is 4.35. The quantitative estimate of drug-likeness (QED) is 0.939. The third-order valence-electron chi connectivity index (χ3n) is 4.05. The van der Waals surface area contributed by atoms with E-state index in [1.54, 1.807) is 0 Å². The molecular weight excluding hydrogens is 274 g/mol. The highest BCUT2D eigenvalue weighted by Gasteiger charge is 2.24. The molecule has 3 rings (SSSR count). The summed E-state index contributed by atoms with van der Waals surface area (Å²) in [4.78, 5) is 13.8. The molecule has 1 aliphatic rings. The van der Waals surface area contributed by atoms with Gasteiger partial charge >= 0.3 is 5.97 Å². The predicted molar refractivity (Wildman–Crippen MR) is 87.3 cm³/mol. The zero-order valence-corrected chi connectivity index (χ0v) is 12.4. The van der Waals surface area contributed by atoms with Gasteiger partial charge in [-0.1, -0.05) is 60.7 Å². The number of hydrogen-bond donors (Lipinski definition) is 1. The van der Waals surface area contributed by atoms with Gasteiger partial charge in [-0.3, -0.25) is 4.90 Å². The van der Waals surface area contributed by atoms with Gasteiger partial charge in [0.05, 0.1) is 0 Å². The van der Waals surface area contributed by atoms with Crippen LogP contribution in [0.15, 0.2) is 66.2 Å². The zero-order valence-electron chi connectivity index (χ0n) is 12.4. The number of nitrogens with zero attached hydrogens (tertiary/aromatic N) is 1. The van der Waals surface area contributed by atoms with E-state index in [4.69, 9.17) is 0 Å². The first kappa shape index (κ1) is 14.5. The van der Waals surface area contributed by atoms with Gasteiger partial charge in [0.2, 0.25) is 0 Å². The van der Waals surface area contributed by atoms with Crippen molar-refractivity contribution in [3.63, 3.8) is 0 Å². The molecule has 0 saturated heterocycles. The standard InChI is InChI=1S/C19H19NO2/c21-19(22)17-11-12-20(13-15-7-3-1-4-8-15)14-18(17)16-9-5-2-6-10-16/h1-10H,11-14H2,(H,21,22). The molecule has 0 saturated carbocycles. The van der Waals surface area contributed by atoms with Gasteiger partial charge in [-0.05, 0) is 23.1 Å². The topological polar surface area (TPSA) is 40.5 Å². The molecule has 3 nitrogen and oxygen atoms in total. The van der Waals surface area contributed by atoms with E-state index in [2.05, 4.69) is 17.0 Å². The highest BCUT2D eigenvalue weighted by molar-refractivity contribution is 5.97. The summed E-state index contributed by atoms with van der Waals surface area (Å²) < 4.78 is 0. The van der Waals surface area contributed by atoms with Crippen LogP contribution in [0.3, 0.4) is 0 Å². The van der Waals surface area contributed by atoms with Gasteiger partial charge in [0.15, 0.2) is 0 Å². The van der Waals surface area contributed by atoms with Gasteiger partial charge in [0, 0.05) is 25.2 Å². The van der Waals surface area contributed by atoms with E-state index in [1.165, 1.54) is 5.56 Å². The fourth-order valence-corrected chi connectivity index (χ4v) is 2.94. The minimum Gasteiger partial charge on any atom is -0.478 e. The maximum Gasteiger partial charge on any atom is 0.331 e. The number of benzene rings is 2. The van der Waals surface area contributed by atoms with Crippen LogP contribution in [0.4, 0.5) is 0 Å². The Morgan fingerprint density at radius 1 is 1.00 bits per heavy atom. The Labute approximate surface area is 130 Å². The van der Waals surface area contributed by atoms with Crippen LogP contribution in [-0.4, -0.2) is 29.1 Å². The van der Waals surface area contributed by atoms with Crippen LogP contribution in [0.1, 0.15) is 17.5 Å². The first-order valence-corrected chi connectivity index (χ1v) is 7.51. The Balaban J connectivity index is 1.85. The summed E-state index contributed by atoms with van der Waals surface area (Å²) in [7, 11) is 0. The van der Waals surface area contributed by atoms with Gasteiger partial charge in [-0.15, -0.1) is 0 Å². The summed E-state index contributed by atoms with van der Waals surface area (Å²) >= 11 is 0. The third-order valence-corrected chi connectivity index (χ3v) is 4.05. The second kappa shape index (κ2) is 6.58. The minimum atomic E-state index is -0.793. The summed E-state index contributed by atoms with van der Waals surface area (Å²) in [6.07, 6.45) is 0.590. The lowest BCUT2D eigenvalue weighted by atomic mass is 9.93. The Morgan fingerprint density at radius 3 is 2.27 bits per heavy atom. The van der Waals surface area contributed by atoms with Crippen LogP contribution < -0.4 is 0 Å². The molecule has 0 unspecified atom stereocenters. The normalized spacial score (nSPS) is 15.8. The number of carbonyl (C=O) groups is 1. The van der Waals surface area contributed by atoms with E-state index in [0.717, 1.165) is 24.2 Å². The highest BCUT2D eigenvalue weighted by Crippen LogP contribution is 2.27. The van der Waals surface area contributed by atoms with Crippen LogP contribution in [-0.2, 0) is 11.3 Å². The lowest BCUT2D eigenvalue weighted by Gasteiger charge is -2.30. The second-order valence-electron chi connectivity index (χ2n) is 5.57.